The molecule has 0 heterocycles. The third-order valence-corrected chi connectivity index (χ3v) is 5.63. The number of amides is 1. The van der Waals surface area contributed by atoms with E-state index >= 15 is 0 Å². The molecule has 128 valence electrons. The molecular weight excluding hydrogens is 450 g/mol. The molecule has 0 fully saturated rings. The Hall–Kier alpha value is -0.780. The van der Waals surface area contributed by atoms with Crippen LogP contribution in [0.3, 0.4) is 0 Å². The van der Waals surface area contributed by atoms with Crippen molar-refractivity contribution in [3.05, 3.63) is 56.5 Å². The van der Waals surface area contributed by atoms with Gasteiger partial charge in [-0.1, -0.05) is 64.8 Å². The predicted octanol–water partition coefficient (Wildman–Crippen LogP) is 6.55. The topological polar surface area (TPSA) is 29.1 Å². The summed E-state index contributed by atoms with van der Waals surface area (Å²) < 4.78 is 1.85. The fourth-order valence-corrected chi connectivity index (χ4v) is 4.35. The van der Waals surface area contributed by atoms with Crippen molar-refractivity contribution in [3.8, 4) is 0 Å². The van der Waals surface area contributed by atoms with Gasteiger partial charge in [0.15, 0.2) is 0 Å². The molecule has 0 saturated heterocycles. The summed E-state index contributed by atoms with van der Waals surface area (Å²) in [6.07, 6.45) is 0. The average molecular weight is 471 g/mol. The van der Waals surface area contributed by atoms with E-state index in [0.29, 0.717) is 5.75 Å². The first-order valence-electron chi connectivity index (χ1n) is 7.65. The van der Waals surface area contributed by atoms with E-state index in [0.717, 1.165) is 19.5 Å². The summed E-state index contributed by atoms with van der Waals surface area (Å²) in [5.74, 6) is 0.379. The van der Waals surface area contributed by atoms with Crippen molar-refractivity contribution >= 4 is 55.2 Å². The minimum atomic E-state index is -0.00874. The van der Waals surface area contributed by atoms with Crippen LogP contribution in [0.25, 0.3) is 0 Å². The van der Waals surface area contributed by atoms with Crippen molar-refractivity contribution in [2.24, 2.45) is 0 Å². The monoisotopic (exact) mass is 469 g/mol. The number of halogens is 2. The van der Waals surface area contributed by atoms with Crippen LogP contribution in [-0.2, 0) is 10.2 Å². The third kappa shape index (κ3) is 5.64. The molecule has 2 nitrogen and oxygen atoms in total. The van der Waals surface area contributed by atoms with Crippen LogP contribution < -0.4 is 5.32 Å². The summed E-state index contributed by atoms with van der Waals surface area (Å²) in [7, 11) is 0. The van der Waals surface area contributed by atoms with E-state index < -0.39 is 0 Å². The molecule has 0 aliphatic carbocycles. The fraction of sp³-hybridized carbons (Fsp3) is 0.316. The van der Waals surface area contributed by atoms with Crippen molar-refractivity contribution in [3.63, 3.8) is 0 Å². The number of benzene rings is 2. The maximum Gasteiger partial charge on any atom is 0.234 e. The van der Waals surface area contributed by atoms with Crippen LogP contribution in [0.5, 0.6) is 0 Å². The molecule has 0 saturated carbocycles. The molecule has 0 bridgehead atoms. The largest absolute Gasteiger partial charge is 0.325 e. The number of nitrogens with one attached hydrogen (secondary N) is 1. The Bertz CT molecular complexity index is 733. The normalized spacial score (nSPS) is 11.4. The Morgan fingerprint density at radius 3 is 2.29 bits per heavy atom. The van der Waals surface area contributed by atoms with Gasteiger partial charge in [-0.25, -0.2) is 0 Å². The number of anilines is 1. The van der Waals surface area contributed by atoms with Gasteiger partial charge in [0.2, 0.25) is 5.91 Å². The van der Waals surface area contributed by atoms with Gasteiger partial charge in [0.1, 0.15) is 0 Å². The van der Waals surface area contributed by atoms with Crippen LogP contribution >= 0.6 is 43.6 Å². The molecule has 2 rings (SSSR count). The van der Waals surface area contributed by atoms with Gasteiger partial charge in [-0.2, -0.15) is 0 Å². The van der Waals surface area contributed by atoms with E-state index in [1.807, 2.05) is 18.2 Å². The zero-order valence-corrected chi connectivity index (χ0v) is 18.2. The number of thioether (sulfide) groups is 1. The minimum absolute atomic E-state index is 0.00874. The molecule has 0 unspecified atom stereocenters. The van der Waals surface area contributed by atoms with Crippen molar-refractivity contribution in [2.45, 2.75) is 38.0 Å². The highest BCUT2D eigenvalue weighted by atomic mass is 79.9. The number of hydrogen-bond donors (Lipinski definition) is 1. The van der Waals surface area contributed by atoms with E-state index in [1.54, 1.807) is 11.8 Å². The molecule has 2 aromatic carbocycles. The Morgan fingerprint density at radius 1 is 1.08 bits per heavy atom. The van der Waals surface area contributed by atoms with E-state index in [4.69, 9.17) is 0 Å². The fourth-order valence-electron chi connectivity index (χ4n) is 2.19. The molecule has 0 radical (unpaired) electrons. The molecule has 0 atom stereocenters. The van der Waals surface area contributed by atoms with Gasteiger partial charge in [-0.05, 0) is 47.7 Å². The van der Waals surface area contributed by atoms with Gasteiger partial charge in [0, 0.05) is 19.5 Å². The van der Waals surface area contributed by atoms with Crippen LogP contribution in [0.4, 0.5) is 5.69 Å². The van der Waals surface area contributed by atoms with Crippen LogP contribution in [0.2, 0.25) is 0 Å². The lowest BCUT2D eigenvalue weighted by Gasteiger charge is -2.20. The quantitative estimate of drug-likeness (QED) is 0.513. The number of hydrogen-bond acceptors (Lipinski definition) is 2. The lowest BCUT2D eigenvalue weighted by molar-refractivity contribution is -0.113. The zero-order chi connectivity index (χ0) is 17.9. The Morgan fingerprint density at radius 2 is 1.71 bits per heavy atom. The maximum atomic E-state index is 12.2. The standard InChI is InChI=1S/C19H21Br2NOS/c1-12-5-6-13(19(2,3)4)7-17(12)24-11-18(23)22-16-9-14(20)8-15(21)10-16/h5-10H,11H2,1-4H3,(H,22,23). The molecule has 0 aliphatic rings. The smallest absolute Gasteiger partial charge is 0.234 e. The highest BCUT2D eigenvalue weighted by molar-refractivity contribution is 9.11. The summed E-state index contributed by atoms with van der Waals surface area (Å²) in [5.41, 5.74) is 3.37. The van der Waals surface area contributed by atoms with Gasteiger partial charge >= 0.3 is 0 Å². The Labute approximate surface area is 165 Å². The molecule has 2 aromatic rings. The van der Waals surface area contributed by atoms with Crippen molar-refractivity contribution in [1.29, 1.82) is 0 Å². The number of carbonyl (C=O) groups excluding carboxylic acids is 1. The van der Waals surface area contributed by atoms with Crippen LogP contribution in [0, 0.1) is 6.92 Å². The van der Waals surface area contributed by atoms with Gasteiger partial charge in [-0.15, -0.1) is 11.8 Å². The SMILES string of the molecule is Cc1ccc(C(C)(C)C)cc1SCC(=O)Nc1cc(Br)cc(Br)c1. The lowest BCUT2D eigenvalue weighted by Crippen LogP contribution is -2.14. The first-order valence-corrected chi connectivity index (χ1v) is 10.2. The second-order valence-corrected chi connectivity index (χ2v) is 9.57. The van der Waals surface area contributed by atoms with Gasteiger partial charge < -0.3 is 5.32 Å². The number of carbonyl (C=O) groups is 1. The van der Waals surface area contributed by atoms with Crippen LogP contribution in [0.15, 0.2) is 50.2 Å². The van der Waals surface area contributed by atoms with Crippen LogP contribution in [-0.4, -0.2) is 11.7 Å². The lowest BCUT2D eigenvalue weighted by atomic mass is 9.87. The summed E-state index contributed by atoms with van der Waals surface area (Å²) >= 11 is 8.43. The summed E-state index contributed by atoms with van der Waals surface area (Å²) in [6, 6.07) is 12.2. The zero-order valence-electron chi connectivity index (χ0n) is 14.2. The molecule has 5 heteroatoms. The molecule has 24 heavy (non-hydrogen) atoms. The number of aryl methyl sites for hydroxylation is 1. The first-order chi connectivity index (χ1) is 11.1. The molecular formula is C19H21Br2NOS. The van der Waals surface area contributed by atoms with Crippen LogP contribution in [0.1, 0.15) is 31.9 Å². The second-order valence-electron chi connectivity index (χ2n) is 6.73. The Kier molecular flexibility index (Phi) is 6.57. The summed E-state index contributed by atoms with van der Waals surface area (Å²) in [4.78, 5) is 13.4. The molecule has 1 amide bonds. The second kappa shape index (κ2) is 8.07. The first kappa shape index (κ1) is 19.5. The van der Waals surface area contributed by atoms with E-state index in [2.05, 4.69) is 83.1 Å². The van der Waals surface area contributed by atoms with Gasteiger partial charge in [-0.3, -0.25) is 4.79 Å². The van der Waals surface area contributed by atoms with Gasteiger partial charge in [0.05, 0.1) is 5.75 Å². The molecule has 0 aromatic heterocycles. The van der Waals surface area contributed by atoms with Crippen molar-refractivity contribution in [2.75, 3.05) is 11.1 Å². The van der Waals surface area contributed by atoms with Gasteiger partial charge in [0.25, 0.3) is 0 Å². The third-order valence-electron chi connectivity index (χ3n) is 3.56. The molecule has 1 N–H and O–H groups in total. The highest BCUT2D eigenvalue weighted by Gasteiger charge is 2.15. The van der Waals surface area contributed by atoms with E-state index in [9.17, 15) is 4.79 Å². The summed E-state index contributed by atoms with van der Waals surface area (Å²) in [5, 5.41) is 2.94. The van der Waals surface area contributed by atoms with Crippen molar-refractivity contribution < 1.29 is 4.79 Å². The van der Waals surface area contributed by atoms with E-state index in [1.165, 1.54) is 11.1 Å². The average Bonchev–Trinajstić information content (AvgIpc) is 2.44. The summed E-state index contributed by atoms with van der Waals surface area (Å²) in [6.45, 7) is 8.68. The van der Waals surface area contributed by atoms with E-state index in [-0.39, 0.29) is 11.3 Å². The highest BCUT2D eigenvalue weighted by Crippen LogP contribution is 2.30. The molecule has 0 aliphatic heterocycles. The van der Waals surface area contributed by atoms with Crippen molar-refractivity contribution in [1.82, 2.24) is 0 Å². The Balaban J connectivity index is 2.03. The maximum absolute atomic E-state index is 12.2. The predicted molar refractivity (Wildman–Crippen MR) is 111 cm³/mol. The minimum Gasteiger partial charge on any atom is -0.325 e. The molecule has 0 spiro atoms. The number of rotatable bonds is 4.